The molecule has 0 aliphatic heterocycles. The molecule has 0 aromatic carbocycles. The number of nitriles is 1. The molecule has 1 N–H and O–H groups in total. The fourth-order valence-corrected chi connectivity index (χ4v) is 2.33. The molecule has 0 bridgehead atoms. The third-order valence-corrected chi connectivity index (χ3v) is 3.21. The molecule has 2 rings (SSSR count). The van der Waals surface area contributed by atoms with E-state index in [0.29, 0.717) is 11.3 Å². The van der Waals surface area contributed by atoms with Crippen LogP contribution in [0.15, 0.2) is 23.8 Å². The van der Waals surface area contributed by atoms with Crippen molar-refractivity contribution in [2.24, 2.45) is 0 Å². The van der Waals surface area contributed by atoms with Crippen LogP contribution in [-0.2, 0) is 5.41 Å². The van der Waals surface area contributed by atoms with Crippen molar-refractivity contribution >= 4 is 22.2 Å². The first-order valence-corrected chi connectivity index (χ1v) is 6.46. The Balaban J connectivity index is 2.25. The predicted molar refractivity (Wildman–Crippen MR) is 73.0 cm³/mol. The highest BCUT2D eigenvalue weighted by molar-refractivity contribution is 7.13. The Morgan fingerprint density at radius 3 is 2.78 bits per heavy atom. The van der Waals surface area contributed by atoms with Crippen LogP contribution in [0.1, 0.15) is 32.0 Å². The number of nitrogens with zero attached hydrogens (tertiary/aromatic N) is 3. The average molecular weight is 258 g/mol. The number of hydrogen-bond acceptors (Lipinski definition) is 5. The van der Waals surface area contributed by atoms with E-state index >= 15 is 0 Å². The number of anilines is 2. The molecule has 0 fully saturated rings. The molecule has 4 nitrogen and oxygen atoms in total. The van der Waals surface area contributed by atoms with Crippen molar-refractivity contribution in [3.8, 4) is 6.07 Å². The number of thiazole rings is 1. The van der Waals surface area contributed by atoms with Gasteiger partial charge in [-0.3, -0.25) is 4.98 Å². The van der Waals surface area contributed by atoms with E-state index in [2.05, 4.69) is 42.1 Å². The van der Waals surface area contributed by atoms with Crippen molar-refractivity contribution in [1.82, 2.24) is 9.97 Å². The second-order valence-electron chi connectivity index (χ2n) is 4.95. The van der Waals surface area contributed by atoms with Gasteiger partial charge in [0.2, 0.25) is 0 Å². The smallest absolute Gasteiger partial charge is 0.187 e. The Kier molecular flexibility index (Phi) is 3.30. The SMILES string of the molecule is CC(C)(C)c1csc(Nc2cnccc2C#N)n1. The van der Waals surface area contributed by atoms with Crippen molar-refractivity contribution < 1.29 is 0 Å². The predicted octanol–water partition coefficient (Wildman–Crippen LogP) is 3.45. The minimum atomic E-state index is 0.0312. The van der Waals surface area contributed by atoms with Gasteiger partial charge in [0, 0.05) is 17.0 Å². The zero-order valence-corrected chi connectivity index (χ0v) is 11.4. The van der Waals surface area contributed by atoms with Crippen LogP contribution in [0.25, 0.3) is 0 Å². The summed E-state index contributed by atoms with van der Waals surface area (Å²) >= 11 is 1.53. The van der Waals surface area contributed by atoms with Crippen LogP contribution in [0.3, 0.4) is 0 Å². The Labute approximate surface area is 110 Å². The van der Waals surface area contributed by atoms with Gasteiger partial charge in [-0.15, -0.1) is 11.3 Å². The highest BCUT2D eigenvalue weighted by Gasteiger charge is 2.17. The quantitative estimate of drug-likeness (QED) is 0.896. The molecule has 0 atom stereocenters. The van der Waals surface area contributed by atoms with Gasteiger partial charge in [-0.2, -0.15) is 5.26 Å². The molecule has 18 heavy (non-hydrogen) atoms. The molecule has 5 heteroatoms. The number of rotatable bonds is 2. The summed E-state index contributed by atoms with van der Waals surface area (Å²) in [5, 5.41) is 14.9. The third kappa shape index (κ3) is 2.66. The first-order chi connectivity index (χ1) is 8.50. The Bertz CT molecular complexity index is 590. The van der Waals surface area contributed by atoms with Crippen molar-refractivity contribution in [3.05, 3.63) is 35.1 Å². The van der Waals surface area contributed by atoms with Gasteiger partial charge in [0.1, 0.15) is 6.07 Å². The zero-order valence-electron chi connectivity index (χ0n) is 10.6. The summed E-state index contributed by atoms with van der Waals surface area (Å²) in [6.45, 7) is 6.36. The first kappa shape index (κ1) is 12.5. The average Bonchev–Trinajstić information content (AvgIpc) is 2.78. The maximum atomic E-state index is 9.00. The van der Waals surface area contributed by atoms with Crippen molar-refractivity contribution in [1.29, 1.82) is 5.26 Å². The summed E-state index contributed by atoms with van der Waals surface area (Å²) in [6, 6.07) is 3.81. The van der Waals surface area contributed by atoms with Crippen LogP contribution in [0.5, 0.6) is 0 Å². The third-order valence-electron chi connectivity index (χ3n) is 2.46. The second-order valence-corrected chi connectivity index (χ2v) is 5.80. The lowest BCUT2D eigenvalue weighted by molar-refractivity contribution is 0.573. The van der Waals surface area contributed by atoms with Crippen molar-refractivity contribution in [2.45, 2.75) is 26.2 Å². The van der Waals surface area contributed by atoms with Crippen LogP contribution in [0, 0.1) is 11.3 Å². The van der Waals surface area contributed by atoms with Gasteiger partial charge in [0.15, 0.2) is 5.13 Å². The van der Waals surface area contributed by atoms with E-state index in [-0.39, 0.29) is 5.41 Å². The summed E-state index contributed by atoms with van der Waals surface area (Å²) < 4.78 is 0. The molecule has 92 valence electrons. The Morgan fingerprint density at radius 1 is 1.39 bits per heavy atom. The van der Waals surface area contributed by atoms with Gasteiger partial charge in [-0.05, 0) is 6.07 Å². The number of nitrogens with one attached hydrogen (secondary N) is 1. The van der Waals surface area contributed by atoms with Crippen LogP contribution in [-0.4, -0.2) is 9.97 Å². The van der Waals surface area contributed by atoms with E-state index in [4.69, 9.17) is 5.26 Å². The van der Waals surface area contributed by atoms with Gasteiger partial charge in [0.05, 0.1) is 23.1 Å². The minimum absolute atomic E-state index is 0.0312. The van der Waals surface area contributed by atoms with Crippen molar-refractivity contribution in [3.63, 3.8) is 0 Å². The fraction of sp³-hybridized carbons (Fsp3) is 0.308. The molecule has 0 aliphatic rings. The molecule has 0 radical (unpaired) electrons. The molecule has 0 saturated carbocycles. The monoisotopic (exact) mass is 258 g/mol. The van der Waals surface area contributed by atoms with E-state index in [1.165, 1.54) is 11.3 Å². The Hall–Kier alpha value is -1.93. The lowest BCUT2D eigenvalue weighted by Gasteiger charge is -2.14. The summed E-state index contributed by atoms with van der Waals surface area (Å²) in [7, 11) is 0. The minimum Gasteiger partial charge on any atom is -0.329 e. The van der Waals surface area contributed by atoms with E-state index in [1.807, 2.05) is 5.38 Å². The lowest BCUT2D eigenvalue weighted by atomic mass is 9.93. The van der Waals surface area contributed by atoms with Gasteiger partial charge in [-0.25, -0.2) is 4.98 Å². The molecule has 2 aromatic rings. The second kappa shape index (κ2) is 4.75. The molecular formula is C13H14N4S. The van der Waals surface area contributed by atoms with Crippen LogP contribution < -0.4 is 5.32 Å². The standard InChI is InChI=1S/C13H14N4S/c1-13(2,3)11-8-18-12(17-11)16-10-7-15-5-4-9(10)6-14/h4-5,7-8H,1-3H3,(H,16,17). The van der Waals surface area contributed by atoms with Gasteiger partial charge in [0.25, 0.3) is 0 Å². The normalized spacial score (nSPS) is 11.0. The number of aromatic nitrogens is 2. The summed E-state index contributed by atoms with van der Waals surface area (Å²) in [4.78, 5) is 8.53. The summed E-state index contributed by atoms with van der Waals surface area (Å²) in [5.74, 6) is 0. The Morgan fingerprint density at radius 2 is 2.17 bits per heavy atom. The molecule has 0 unspecified atom stereocenters. The summed E-state index contributed by atoms with van der Waals surface area (Å²) in [6.07, 6.45) is 3.24. The highest BCUT2D eigenvalue weighted by atomic mass is 32.1. The topological polar surface area (TPSA) is 61.6 Å². The molecule has 0 saturated heterocycles. The van der Waals surface area contributed by atoms with E-state index in [1.54, 1.807) is 18.5 Å². The van der Waals surface area contributed by atoms with Crippen molar-refractivity contribution in [2.75, 3.05) is 5.32 Å². The number of pyridine rings is 1. The largest absolute Gasteiger partial charge is 0.329 e. The van der Waals surface area contributed by atoms with E-state index < -0.39 is 0 Å². The molecule has 0 aliphatic carbocycles. The van der Waals surface area contributed by atoms with Crippen LogP contribution in [0.2, 0.25) is 0 Å². The molecule has 2 heterocycles. The number of hydrogen-bond donors (Lipinski definition) is 1. The van der Waals surface area contributed by atoms with Gasteiger partial charge >= 0.3 is 0 Å². The summed E-state index contributed by atoms with van der Waals surface area (Å²) in [5.41, 5.74) is 2.33. The van der Waals surface area contributed by atoms with Gasteiger partial charge in [-0.1, -0.05) is 20.8 Å². The zero-order chi connectivity index (χ0) is 13.2. The van der Waals surface area contributed by atoms with Crippen LogP contribution >= 0.6 is 11.3 Å². The fourth-order valence-electron chi connectivity index (χ4n) is 1.38. The lowest BCUT2D eigenvalue weighted by Crippen LogP contribution is -2.11. The molecule has 0 amide bonds. The maximum absolute atomic E-state index is 9.00. The van der Waals surface area contributed by atoms with Crippen LogP contribution in [0.4, 0.5) is 10.8 Å². The first-order valence-electron chi connectivity index (χ1n) is 5.58. The van der Waals surface area contributed by atoms with E-state index in [0.717, 1.165) is 10.8 Å². The highest BCUT2D eigenvalue weighted by Crippen LogP contribution is 2.28. The molecule has 0 spiro atoms. The molecular weight excluding hydrogens is 244 g/mol. The van der Waals surface area contributed by atoms with Gasteiger partial charge < -0.3 is 5.32 Å². The maximum Gasteiger partial charge on any atom is 0.187 e. The molecule has 2 aromatic heterocycles. The van der Waals surface area contributed by atoms with E-state index in [9.17, 15) is 0 Å².